The van der Waals surface area contributed by atoms with Crippen molar-refractivity contribution in [3.05, 3.63) is 23.5 Å². The minimum atomic E-state index is -1.23. The lowest BCUT2D eigenvalue weighted by Gasteiger charge is -2.41. The number of hydrogen-bond acceptors (Lipinski definition) is 8. The molecule has 0 aromatic heterocycles. The van der Waals surface area contributed by atoms with Gasteiger partial charge in [-0.15, -0.1) is 11.8 Å². The van der Waals surface area contributed by atoms with E-state index in [0.717, 1.165) is 31.3 Å². The first-order valence-electron chi connectivity index (χ1n) is 12.1. The van der Waals surface area contributed by atoms with E-state index in [-0.39, 0.29) is 36.4 Å². The Balaban J connectivity index is 1.78. The van der Waals surface area contributed by atoms with Crippen LogP contribution in [0.3, 0.4) is 0 Å². The summed E-state index contributed by atoms with van der Waals surface area (Å²) in [5.41, 5.74) is 6.48. The van der Waals surface area contributed by atoms with Crippen molar-refractivity contribution in [3.8, 4) is 0 Å². The third-order valence-electron chi connectivity index (χ3n) is 6.80. The van der Waals surface area contributed by atoms with Crippen LogP contribution in [0.25, 0.3) is 0 Å². The minimum Gasteiger partial charge on any atom is -0.480 e. The normalized spacial score (nSPS) is 26.0. The number of hydrogen-bond donors (Lipinski definition) is 5. The molecule has 0 saturated heterocycles. The molecule has 0 aromatic carbocycles. The molecule has 12 heteroatoms. The monoisotopic (exact) mass is 523 g/mol. The van der Waals surface area contributed by atoms with Crippen LogP contribution in [0, 0.1) is 11.8 Å². The molecule has 2 amide bonds. The number of rotatable bonds is 13. The van der Waals surface area contributed by atoms with Gasteiger partial charge in [-0.05, 0) is 43.6 Å². The minimum absolute atomic E-state index is 0.111. The van der Waals surface area contributed by atoms with Gasteiger partial charge < -0.3 is 31.3 Å². The number of thioether (sulfide) groups is 1. The van der Waals surface area contributed by atoms with E-state index in [1.807, 2.05) is 19.1 Å². The quantitative estimate of drug-likeness (QED) is 0.172. The molecule has 6 N–H and O–H groups in total. The average molecular weight is 524 g/mol. The van der Waals surface area contributed by atoms with E-state index in [9.17, 15) is 24.0 Å². The van der Waals surface area contributed by atoms with Crippen LogP contribution in [0.1, 0.15) is 51.9 Å². The van der Waals surface area contributed by atoms with Crippen molar-refractivity contribution in [1.82, 2.24) is 10.6 Å². The molecule has 0 bridgehead atoms. The highest BCUT2D eigenvalue weighted by atomic mass is 32.2. The SMILES string of the molecule is CCCC1(SCC(NC(=O)CCC(N)C(=O)O)C(=O)NCC(=O)O)CCC2CC=CC3C(=O)OC1=C23. The number of aliphatic carboxylic acids is 2. The Morgan fingerprint density at radius 2 is 2.06 bits per heavy atom. The maximum absolute atomic E-state index is 12.8. The van der Waals surface area contributed by atoms with Crippen molar-refractivity contribution in [3.63, 3.8) is 0 Å². The third-order valence-corrected chi connectivity index (χ3v) is 8.44. The summed E-state index contributed by atoms with van der Waals surface area (Å²) in [5, 5.41) is 22.8. The molecule has 3 rings (SSSR count). The van der Waals surface area contributed by atoms with Gasteiger partial charge in [-0.1, -0.05) is 25.5 Å². The first kappa shape index (κ1) is 27.7. The van der Waals surface area contributed by atoms with Gasteiger partial charge in [0, 0.05) is 12.2 Å². The molecule has 0 fully saturated rings. The number of carbonyl (C=O) groups is 5. The summed E-state index contributed by atoms with van der Waals surface area (Å²) >= 11 is 1.43. The summed E-state index contributed by atoms with van der Waals surface area (Å²) < 4.78 is 5.28. The van der Waals surface area contributed by atoms with Crippen molar-refractivity contribution in [2.75, 3.05) is 12.3 Å². The number of nitrogens with two attached hydrogens (primary N) is 1. The van der Waals surface area contributed by atoms with Crippen molar-refractivity contribution in [2.24, 2.45) is 17.6 Å². The molecule has 0 aromatic rings. The highest BCUT2D eigenvalue weighted by Crippen LogP contribution is 2.55. The average Bonchev–Trinajstić information content (AvgIpc) is 3.19. The summed E-state index contributed by atoms with van der Waals surface area (Å²) in [5.74, 6) is -3.32. The van der Waals surface area contributed by atoms with Crippen molar-refractivity contribution >= 4 is 41.5 Å². The number of esters is 1. The lowest BCUT2D eigenvalue weighted by molar-refractivity contribution is -0.140. The second-order valence-corrected chi connectivity index (χ2v) is 10.8. The number of carboxylic acid groups (broad SMARTS) is 2. The molecule has 5 atom stereocenters. The summed E-state index contributed by atoms with van der Waals surface area (Å²) in [6.07, 6.45) is 7.58. The van der Waals surface area contributed by atoms with Gasteiger partial charge in [0.1, 0.15) is 30.3 Å². The Morgan fingerprint density at radius 3 is 2.72 bits per heavy atom. The number of allylic oxidation sites excluding steroid dienone is 1. The molecule has 3 aliphatic rings. The molecular weight excluding hydrogens is 490 g/mol. The predicted octanol–water partition coefficient (Wildman–Crippen LogP) is 0.933. The first-order valence-corrected chi connectivity index (χ1v) is 13.1. The number of carbonyl (C=O) groups excluding carboxylic acids is 3. The molecule has 0 saturated carbocycles. The fourth-order valence-corrected chi connectivity index (χ4v) is 6.63. The Hall–Kier alpha value is -2.86. The van der Waals surface area contributed by atoms with Gasteiger partial charge in [-0.2, -0.15) is 0 Å². The van der Waals surface area contributed by atoms with E-state index in [1.165, 1.54) is 11.8 Å². The fourth-order valence-electron chi connectivity index (χ4n) is 5.01. The highest BCUT2D eigenvalue weighted by molar-refractivity contribution is 8.00. The standard InChI is InChI=1S/C24H33N3O8S/c1-2-9-24(10-8-13-4-3-5-14-19(13)20(24)35-23(14)34)36-12-16(21(31)26-11-18(29)30)27-17(28)7-6-15(25)22(32)33/h3,5,13-16H,2,4,6-12,25H2,1H3,(H,26,31)(H,27,28)(H,29,30)(H,32,33). The van der Waals surface area contributed by atoms with E-state index in [0.29, 0.717) is 12.2 Å². The van der Waals surface area contributed by atoms with Crippen LogP contribution in [0.2, 0.25) is 0 Å². The Morgan fingerprint density at radius 1 is 1.31 bits per heavy atom. The maximum Gasteiger partial charge on any atom is 0.322 e. The second-order valence-electron chi connectivity index (χ2n) is 9.35. The van der Waals surface area contributed by atoms with Gasteiger partial charge in [0.05, 0.1) is 4.75 Å². The first-order chi connectivity index (χ1) is 17.1. The van der Waals surface area contributed by atoms with Crippen molar-refractivity contribution < 1.29 is 38.9 Å². The molecule has 198 valence electrons. The Bertz CT molecular complexity index is 980. The second kappa shape index (κ2) is 11.9. The number of amides is 2. The number of ether oxygens (including phenoxy) is 1. The molecule has 5 unspecified atom stereocenters. The third kappa shape index (κ3) is 6.28. The highest BCUT2D eigenvalue weighted by Gasteiger charge is 2.52. The van der Waals surface area contributed by atoms with Gasteiger partial charge in [-0.3, -0.25) is 24.0 Å². The number of carboxylic acids is 2. The zero-order valence-corrected chi connectivity index (χ0v) is 21.0. The van der Waals surface area contributed by atoms with E-state index in [1.54, 1.807) is 0 Å². The van der Waals surface area contributed by atoms with Gasteiger partial charge in [0.15, 0.2) is 0 Å². The topological polar surface area (TPSA) is 185 Å². The summed E-state index contributed by atoms with van der Waals surface area (Å²) in [6.45, 7) is 1.42. The van der Waals surface area contributed by atoms with Crippen LogP contribution < -0.4 is 16.4 Å². The van der Waals surface area contributed by atoms with Crippen LogP contribution in [0.15, 0.2) is 23.5 Å². The van der Waals surface area contributed by atoms with Crippen LogP contribution in [0.5, 0.6) is 0 Å². The molecule has 0 spiro atoms. The number of nitrogens with one attached hydrogen (secondary N) is 2. The van der Waals surface area contributed by atoms with Gasteiger partial charge >= 0.3 is 17.9 Å². The fraction of sp³-hybridized carbons (Fsp3) is 0.625. The predicted molar refractivity (Wildman–Crippen MR) is 131 cm³/mol. The van der Waals surface area contributed by atoms with Gasteiger partial charge in [0.25, 0.3) is 0 Å². The van der Waals surface area contributed by atoms with Crippen LogP contribution in [-0.2, 0) is 28.7 Å². The summed E-state index contributed by atoms with van der Waals surface area (Å²) in [4.78, 5) is 59.7. The van der Waals surface area contributed by atoms with Crippen LogP contribution in [0.4, 0.5) is 0 Å². The summed E-state index contributed by atoms with van der Waals surface area (Å²) in [6, 6.07) is -2.28. The zero-order chi connectivity index (χ0) is 26.5. The van der Waals surface area contributed by atoms with Crippen LogP contribution >= 0.6 is 11.8 Å². The van der Waals surface area contributed by atoms with Crippen molar-refractivity contribution in [1.29, 1.82) is 0 Å². The lowest BCUT2D eigenvalue weighted by atomic mass is 9.71. The molecule has 11 nitrogen and oxygen atoms in total. The lowest BCUT2D eigenvalue weighted by Crippen LogP contribution is -2.50. The molecular formula is C24H33N3O8S. The Kier molecular flexibility index (Phi) is 9.18. The van der Waals surface area contributed by atoms with Crippen LogP contribution in [-0.4, -0.2) is 69.1 Å². The summed E-state index contributed by atoms with van der Waals surface area (Å²) in [7, 11) is 0. The zero-order valence-electron chi connectivity index (χ0n) is 20.2. The molecule has 36 heavy (non-hydrogen) atoms. The van der Waals surface area contributed by atoms with E-state index < -0.39 is 47.1 Å². The van der Waals surface area contributed by atoms with E-state index in [4.69, 9.17) is 20.7 Å². The van der Waals surface area contributed by atoms with E-state index in [2.05, 4.69) is 10.6 Å². The van der Waals surface area contributed by atoms with Gasteiger partial charge in [-0.25, -0.2) is 0 Å². The Labute approximate surface area is 213 Å². The van der Waals surface area contributed by atoms with Gasteiger partial charge in [0.2, 0.25) is 11.8 Å². The molecule has 2 aliphatic carbocycles. The van der Waals surface area contributed by atoms with E-state index >= 15 is 0 Å². The van der Waals surface area contributed by atoms with Crippen molar-refractivity contribution in [2.45, 2.75) is 68.7 Å². The maximum atomic E-state index is 12.8. The smallest absolute Gasteiger partial charge is 0.322 e. The molecule has 1 aliphatic heterocycles. The molecule has 0 radical (unpaired) electrons. The molecule has 1 heterocycles. The largest absolute Gasteiger partial charge is 0.480 e.